The van der Waals surface area contributed by atoms with Crippen molar-refractivity contribution in [1.82, 2.24) is 9.97 Å². The van der Waals surface area contributed by atoms with Crippen molar-refractivity contribution >= 4 is 17.4 Å². The quantitative estimate of drug-likeness (QED) is 0.915. The molecule has 2 aliphatic carbocycles. The van der Waals surface area contributed by atoms with Crippen LogP contribution < -0.4 is 4.90 Å². The number of aliphatic hydroxyl groups excluding tert-OH is 1. The summed E-state index contributed by atoms with van der Waals surface area (Å²) >= 11 is 6.05. The summed E-state index contributed by atoms with van der Waals surface area (Å²) in [5.41, 5.74) is 0. The van der Waals surface area contributed by atoms with Crippen molar-refractivity contribution in [3.05, 3.63) is 17.5 Å². The Hall–Kier alpha value is -0.870. The maximum atomic E-state index is 10.3. The van der Waals surface area contributed by atoms with Gasteiger partial charge in [0.25, 0.3) is 0 Å². The van der Waals surface area contributed by atoms with Gasteiger partial charge >= 0.3 is 0 Å². The summed E-state index contributed by atoms with van der Waals surface area (Å²) in [6.45, 7) is 0.876. The Bertz CT molecular complexity index is 479. The zero-order chi connectivity index (χ0) is 15.4. The van der Waals surface area contributed by atoms with E-state index in [0.717, 1.165) is 31.6 Å². The van der Waals surface area contributed by atoms with Crippen LogP contribution in [0.4, 0.5) is 5.82 Å². The smallest absolute Gasteiger partial charge is 0.149 e. The molecule has 5 heteroatoms. The number of anilines is 1. The molecule has 1 N–H and O–H groups in total. The fourth-order valence-corrected chi connectivity index (χ4v) is 4.09. The van der Waals surface area contributed by atoms with E-state index in [1.165, 1.54) is 38.5 Å². The molecule has 2 atom stereocenters. The number of rotatable bonds is 4. The molecular weight excluding hydrogens is 298 g/mol. The van der Waals surface area contributed by atoms with E-state index in [9.17, 15) is 5.11 Å². The van der Waals surface area contributed by atoms with E-state index in [2.05, 4.69) is 14.9 Å². The summed E-state index contributed by atoms with van der Waals surface area (Å²) < 4.78 is 0. The highest BCUT2D eigenvalue weighted by molar-refractivity contribution is 6.29. The van der Waals surface area contributed by atoms with Crippen LogP contribution in [0, 0.1) is 5.92 Å². The van der Waals surface area contributed by atoms with Gasteiger partial charge in [0.1, 0.15) is 11.0 Å². The number of aliphatic hydroxyl groups is 1. The fraction of sp³-hybridized carbons (Fsp3) is 0.765. The molecule has 0 aromatic carbocycles. The number of aromatic nitrogens is 2. The number of nitrogens with zero attached hydrogens (tertiary/aromatic N) is 3. The molecule has 3 rings (SSSR count). The second-order valence-corrected chi connectivity index (χ2v) is 7.14. The minimum Gasteiger partial charge on any atom is -0.393 e. The molecule has 0 saturated heterocycles. The third kappa shape index (κ3) is 3.90. The highest BCUT2D eigenvalue weighted by atomic mass is 35.5. The van der Waals surface area contributed by atoms with E-state index in [4.69, 9.17) is 11.6 Å². The molecule has 2 aliphatic rings. The largest absolute Gasteiger partial charge is 0.393 e. The Morgan fingerprint density at radius 3 is 2.50 bits per heavy atom. The molecule has 0 spiro atoms. The zero-order valence-corrected chi connectivity index (χ0v) is 13.9. The van der Waals surface area contributed by atoms with Gasteiger partial charge in [-0.05, 0) is 25.7 Å². The van der Waals surface area contributed by atoms with E-state index in [1.807, 2.05) is 6.20 Å². The molecule has 0 radical (unpaired) electrons. The van der Waals surface area contributed by atoms with Crippen molar-refractivity contribution in [3.8, 4) is 0 Å². The van der Waals surface area contributed by atoms with Crippen LogP contribution in [0.3, 0.4) is 0 Å². The lowest BCUT2D eigenvalue weighted by atomic mass is 9.85. The predicted molar refractivity (Wildman–Crippen MR) is 89.2 cm³/mol. The zero-order valence-electron chi connectivity index (χ0n) is 13.1. The minimum absolute atomic E-state index is 0.174. The standard InChI is InChI=1S/C17H26ClN3O/c18-16-10-19-11-17(20-16)21(14-7-2-1-3-8-14)12-13-6-4-5-9-15(13)22/h10-11,13-15,22H,1-9,12H2. The molecule has 1 aromatic rings. The molecule has 1 aromatic heterocycles. The van der Waals surface area contributed by atoms with Crippen LogP contribution in [-0.2, 0) is 0 Å². The first-order chi connectivity index (χ1) is 10.7. The van der Waals surface area contributed by atoms with Crippen molar-refractivity contribution in [3.63, 3.8) is 0 Å². The number of hydrogen-bond acceptors (Lipinski definition) is 4. The third-order valence-electron chi connectivity index (χ3n) is 5.20. The lowest BCUT2D eigenvalue weighted by molar-refractivity contribution is 0.0715. The molecule has 2 unspecified atom stereocenters. The molecule has 2 fully saturated rings. The lowest BCUT2D eigenvalue weighted by Gasteiger charge is -2.39. The highest BCUT2D eigenvalue weighted by Gasteiger charge is 2.30. The van der Waals surface area contributed by atoms with E-state index in [0.29, 0.717) is 17.1 Å². The average Bonchev–Trinajstić information content (AvgIpc) is 2.55. The van der Waals surface area contributed by atoms with Crippen molar-refractivity contribution in [2.45, 2.75) is 69.9 Å². The Labute approximate surface area is 137 Å². The van der Waals surface area contributed by atoms with Crippen LogP contribution in [0.1, 0.15) is 57.8 Å². The molecule has 2 saturated carbocycles. The fourth-order valence-electron chi connectivity index (χ4n) is 3.95. The second kappa shape index (κ2) is 7.60. The summed E-state index contributed by atoms with van der Waals surface area (Å²) in [4.78, 5) is 11.1. The monoisotopic (exact) mass is 323 g/mol. The summed E-state index contributed by atoms with van der Waals surface area (Å²) in [6.07, 6.45) is 13.9. The number of halogens is 1. The van der Waals surface area contributed by atoms with Gasteiger partial charge in [-0.15, -0.1) is 0 Å². The highest BCUT2D eigenvalue weighted by Crippen LogP contribution is 2.31. The van der Waals surface area contributed by atoms with Gasteiger partial charge in [0, 0.05) is 18.5 Å². The molecule has 122 valence electrons. The Kier molecular flexibility index (Phi) is 5.53. The van der Waals surface area contributed by atoms with Gasteiger partial charge in [-0.2, -0.15) is 0 Å². The normalized spacial score (nSPS) is 26.8. The molecule has 1 heterocycles. The van der Waals surface area contributed by atoms with Crippen LogP contribution in [-0.4, -0.2) is 33.8 Å². The minimum atomic E-state index is -0.174. The average molecular weight is 324 g/mol. The van der Waals surface area contributed by atoms with E-state index in [-0.39, 0.29) is 6.10 Å². The van der Waals surface area contributed by atoms with Gasteiger partial charge in [0.15, 0.2) is 0 Å². The van der Waals surface area contributed by atoms with Crippen LogP contribution in [0.2, 0.25) is 5.15 Å². The first-order valence-corrected chi connectivity index (χ1v) is 9.04. The summed E-state index contributed by atoms with van der Waals surface area (Å²) in [5.74, 6) is 1.22. The van der Waals surface area contributed by atoms with Crippen LogP contribution >= 0.6 is 11.6 Å². The second-order valence-electron chi connectivity index (χ2n) is 6.76. The summed E-state index contributed by atoms with van der Waals surface area (Å²) in [6, 6.07) is 0.510. The predicted octanol–water partition coefficient (Wildman–Crippen LogP) is 3.82. The molecule has 0 bridgehead atoms. The molecular formula is C17H26ClN3O. The van der Waals surface area contributed by atoms with Crippen molar-refractivity contribution in [2.75, 3.05) is 11.4 Å². The topological polar surface area (TPSA) is 49.2 Å². The van der Waals surface area contributed by atoms with Crippen molar-refractivity contribution in [2.24, 2.45) is 5.92 Å². The van der Waals surface area contributed by atoms with Crippen LogP contribution in [0.5, 0.6) is 0 Å². The first-order valence-electron chi connectivity index (χ1n) is 8.66. The van der Waals surface area contributed by atoms with Gasteiger partial charge in [0.2, 0.25) is 0 Å². The summed E-state index contributed by atoms with van der Waals surface area (Å²) in [7, 11) is 0. The van der Waals surface area contributed by atoms with Gasteiger partial charge in [-0.25, -0.2) is 4.98 Å². The third-order valence-corrected chi connectivity index (χ3v) is 5.38. The van der Waals surface area contributed by atoms with E-state index >= 15 is 0 Å². The van der Waals surface area contributed by atoms with E-state index < -0.39 is 0 Å². The van der Waals surface area contributed by atoms with Gasteiger partial charge in [-0.1, -0.05) is 43.7 Å². The van der Waals surface area contributed by atoms with Crippen molar-refractivity contribution < 1.29 is 5.11 Å². The maximum absolute atomic E-state index is 10.3. The van der Waals surface area contributed by atoms with Gasteiger partial charge in [0.05, 0.1) is 18.5 Å². The van der Waals surface area contributed by atoms with Gasteiger partial charge < -0.3 is 10.0 Å². The lowest BCUT2D eigenvalue weighted by Crippen LogP contribution is -2.44. The first kappa shape index (κ1) is 16.0. The Morgan fingerprint density at radius 2 is 1.77 bits per heavy atom. The SMILES string of the molecule is OC1CCCCC1CN(c1cncc(Cl)n1)C1CCCCC1. The van der Waals surface area contributed by atoms with Crippen LogP contribution in [0.25, 0.3) is 0 Å². The summed E-state index contributed by atoms with van der Waals surface area (Å²) in [5, 5.41) is 10.8. The molecule has 22 heavy (non-hydrogen) atoms. The van der Waals surface area contributed by atoms with Crippen LogP contribution in [0.15, 0.2) is 12.4 Å². The molecule has 0 amide bonds. The van der Waals surface area contributed by atoms with Crippen molar-refractivity contribution in [1.29, 1.82) is 0 Å². The Balaban J connectivity index is 1.78. The molecule has 0 aliphatic heterocycles. The number of hydrogen-bond donors (Lipinski definition) is 1. The molecule has 4 nitrogen and oxygen atoms in total. The Morgan fingerprint density at radius 1 is 1.05 bits per heavy atom. The van der Waals surface area contributed by atoms with E-state index in [1.54, 1.807) is 6.20 Å². The maximum Gasteiger partial charge on any atom is 0.149 e. The van der Waals surface area contributed by atoms with Gasteiger partial charge in [-0.3, -0.25) is 4.98 Å².